The molecule has 1 fully saturated rings. The first-order valence-corrected chi connectivity index (χ1v) is 9.92. The van der Waals surface area contributed by atoms with Crippen molar-refractivity contribution in [3.63, 3.8) is 0 Å². The summed E-state index contributed by atoms with van der Waals surface area (Å²) in [5, 5.41) is 3.40. The molecule has 29 heavy (non-hydrogen) atoms. The quantitative estimate of drug-likeness (QED) is 0.718. The number of hydrogen-bond acceptors (Lipinski definition) is 4. The van der Waals surface area contributed by atoms with E-state index in [9.17, 15) is 14.4 Å². The minimum Gasteiger partial charge on any atom is -0.462 e. The Morgan fingerprint density at radius 3 is 2.62 bits per heavy atom. The van der Waals surface area contributed by atoms with Crippen LogP contribution in [0.2, 0.25) is 5.02 Å². The molecule has 1 N–H and O–H groups in total. The first-order chi connectivity index (χ1) is 13.9. The molecule has 0 bridgehead atoms. The van der Waals surface area contributed by atoms with E-state index in [0.29, 0.717) is 29.4 Å². The Balaban J connectivity index is 1.63. The lowest BCUT2D eigenvalue weighted by molar-refractivity contribution is -0.122. The molecule has 1 saturated heterocycles. The van der Waals surface area contributed by atoms with E-state index in [4.69, 9.17) is 16.3 Å². The molecule has 1 heterocycles. The zero-order valence-corrected chi connectivity index (χ0v) is 17.2. The molecule has 7 heteroatoms. The lowest BCUT2D eigenvalue weighted by Crippen LogP contribution is -2.28. The van der Waals surface area contributed by atoms with E-state index < -0.39 is 11.9 Å². The molecule has 0 aromatic heterocycles. The van der Waals surface area contributed by atoms with Crippen molar-refractivity contribution < 1.29 is 19.1 Å². The van der Waals surface area contributed by atoms with Crippen molar-refractivity contribution in [1.29, 1.82) is 0 Å². The Hall–Kier alpha value is -2.86. The Labute approximate surface area is 174 Å². The molecular weight excluding hydrogens is 392 g/mol. The van der Waals surface area contributed by atoms with Gasteiger partial charge >= 0.3 is 5.97 Å². The SMILES string of the molecule is CCCOC(=O)c1ccc(NC(=O)[C@H]2CC(=O)N(c3cccc(Cl)c3C)C2)cc1. The molecule has 0 aliphatic carbocycles. The minimum atomic E-state index is -0.463. The highest BCUT2D eigenvalue weighted by Crippen LogP contribution is 2.31. The number of ether oxygens (including phenoxy) is 1. The van der Waals surface area contributed by atoms with Crippen LogP contribution in [0, 0.1) is 12.8 Å². The summed E-state index contributed by atoms with van der Waals surface area (Å²) in [4.78, 5) is 38.6. The molecule has 0 saturated carbocycles. The summed E-state index contributed by atoms with van der Waals surface area (Å²) >= 11 is 6.16. The number of nitrogens with one attached hydrogen (secondary N) is 1. The molecule has 152 valence electrons. The van der Waals surface area contributed by atoms with Gasteiger partial charge in [0.05, 0.1) is 18.1 Å². The van der Waals surface area contributed by atoms with E-state index in [1.807, 2.05) is 19.9 Å². The number of anilines is 2. The van der Waals surface area contributed by atoms with Gasteiger partial charge in [-0.2, -0.15) is 0 Å². The van der Waals surface area contributed by atoms with Gasteiger partial charge in [-0.15, -0.1) is 0 Å². The second-order valence-corrected chi connectivity index (χ2v) is 7.40. The van der Waals surface area contributed by atoms with Gasteiger partial charge < -0.3 is 15.0 Å². The van der Waals surface area contributed by atoms with Gasteiger partial charge in [-0.25, -0.2) is 4.79 Å². The van der Waals surface area contributed by atoms with E-state index in [1.165, 1.54) is 0 Å². The second kappa shape index (κ2) is 9.09. The number of hydrogen-bond donors (Lipinski definition) is 1. The number of amides is 2. The van der Waals surface area contributed by atoms with Gasteiger partial charge in [-0.1, -0.05) is 24.6 Å². The molecule has 0 radical (unpaired) electrons. The molecule has 0 unspecified atom stereocenters. The Morgan fingerprint density at radius 1 is 1.21 bits per heavy atom. The van der Waals surface area contributed by atoms with Gasteiger partial charge in [0.2, 0.25) is 11.8 Å². The van der Waals surface area contributed by atoms with Crippen LogP contribution in [0.1, 0.15) is 35.7 Å². The number of rotatable bonds is 6. The average molecular weight is 415 g/mol. The van der Waals surface area contributed by atoms with Crippen LogP contribution in [0.25, 0.3) is 0 Å². The number of carbonyl (C=O) groups is 3. The monoisotopic (exact) mass is 414 g/mol. The van der Waals surface area contributed by atoms with Gasteiger partial charge in [0.15, 0.2) is 0 Å². The van der Waals surface area contributed by atoms with Crippen LogP contribution in [0.5, 0.6) is 0 Å². The first-order valence-electron chi connectivity index (χ1n) is 9.54. The van der Waals surface area contributed by atoms with Crippen molar-refractivity contribution in [3.8, 4) is 0 Å². The van der Waals surface area contributed by atoms with Crippen molar-refractivity contribution in [1.82, 2.24) is 0 Å². The van der Waals surface area contributed by atoms with Gasteiger partial charge in [-0.3, -0.25) is 9.59 Å². The fourth-order valence-electron chi connectivity index (χ4n) is 3.22. The largest absolute Gasteiger partial charge is 0.462 e. The summed E-state index contributed by atoms with van der Waals surface area (Å²) in [5.74, 6) is -1.19. The number of nitrogens with zero attached hydrogens (tertiary/aromatic N) is 1. The maximum atomic E-state index is 12.6. The van der Waals surface area contributed by atoms with Crippen molar-refractivity contribution in [2.45, 2.75) is 26.7 Å². The topological polar surface area (TPSA) is 75.7 Å². The van der Waals surface area contributed by atoms with Gasteiger partial charge in [-0.05, 0) is 55.3 Å². The Morgan fingerprint density at radius 2 is 1.93 bits per heavy atom. The highest BCUT2D eigenvalue weighted by atomic mass is 35.5. The molecule has 0 spiro atoms. The van der Waals surface area contributed by atoms with E-state index >= 15 is 0 Å². The van der Waals surface area contributed by atoms with Crippen molar-refractivity contribution in [2.75, 3.05) is 23.4 Å². The smallest absolute Gasteiger partial charge is 0.338 e. The van der Waals surface area contributed by atoms with E-state index in [0.717, 1.165) is 17.7 Å². The third-order valence-corrected chi connectivity index (χ3v) is 5.26. The maximum Gasteiger partial charge on any atom is 0.338 e. The molecular formula is C22H23ClN2O4. The minimum absolute atomic E-state index is 0.107. The second-order valence-electron chi connectivity index (χ2n) is 6.99. The molecule has 1 aliphatic heterocycles. The normalized spacial score (nSPS) is 16.0. The summed E-state index contributed by atoms with van der Waals surface area (Å²) in [6.07, 6.45) is 0.894. The zero-order valence-electron chi connectivity index (χ0n) is 16.4. The average Bonchev–Trinajstić information content (AvgIpc) is 3.10. The predicted octanol–water partition coefficient (Wildman–Crippen LogP) is 4.21. The highest BCUT2D eigenvalue weighted by molar-refractivity contribution is 6.31. The molecule has 1 atom stereocenters. The summed E-state index contributed by atoms with van der Waals surface area (Å²) < 4.78 is 5.08. The van der Waals surface area contributed by atoms with E-state index in [2.05, 4.69) is 5.32 Å². The van der Waals surface area contributed by atoms with Gasteiger partial charge in [0.25, 0.3) is 0 Å². The first kappa shape index (κ1) is 20.9. The van der Waals surface area contributed by atoms with Gasteiger partial charge in [0, 0.05) is 29.4 Å². The lowest BCUT2D eigenvalue weighted by Gasteiger charge is -2.19. The van der Waals surface area contributed by atoms with Crippen LogP contribution in [-0.4, -0.2) is 30.9 Å². The van der Waals surface area contributed by atoms with Crippen LogP contribution in [0.3, 0.4) is 0 Å². The van der Waals surface area contributed by atoms with Gasteiger partial charge in [0.1, 0.15) is 0 Å². The van der Waals surface area contributed by atoms with E-state index in [1.54, 1.807) is 41.3 Å². The van der Waals surface area contributed by atoms with Crippen LogP contribution in [0.15, 0.2) is 42.5 Å². The zero-order chi connectivity index (χ0) is 21.0. The highest BCUT2D eigenvalue weighted by Gasteiger charge is 2.35. The molecule has 1 aliphatic rings. The number of esters is 1. The van der Waals surface area contributed by atoms with Crippen LogP contribution < -0.4 is 10.2 Å². The number of benzene rings is 2. The summed E-state index contributed by atoms with van der Waals surface area (Å²) in [7, 11) is 0. The van der Waals surface area contributed by atoms with Crippen molar-refractivity contribution in [2.24, 2.45) is 5.92 Å². The molecule has 6 nitrogen and oxygen atoms in total. The third kappa shape index (κ3) is 4.77. The standard InChI is InChI=1S/C22H23ClN2O4/c1-3-11-29-22(28)15-7-9-17(10-8-15)24-21(27)16-12-20(26)25(13-16)19-6-4-5-18(23)14(19)2/h4-10,16H,3,11-13H2,1-2H3,(H,24,27)/t16-/m0/s1. The molecule has 2 aromatic carbocycles. The molecule has 2 aromatic rings. The van der Waals surface area contributed by atoms with Crippen molar-refractivity contribution >= 4 is 40.8 Å². The fraction of sp³-hybridized carbons (Fsp3) is 0.318. The predicted molar refractivity (Wildman–Crippen MR) is 112 cm³/mol. The Bertz CT molecular complexity index is 927. The fourth-order valence-corrected chi connectivity index (χ4v) is 3.39. The summed E-state index contributed by atoms with van der Waals surface area (Å²) in [5.41, 5.74) is 2.53. The lowest BCUT2D eigenvalue weighted by atomic mass is 10.1. The third-order valence-electron chi connectivity index (χ3n) is 4.85. The summed E-state index contributed by atoms with van der Waals surface area (Å²) in [6.45, 7) is 4.45. The number of carbonyl (C=O) groups excluding carboxylic acids is 3. The maximum absolute atomic E-state index is 12.6. The number of halogens is 1. The van der Waals surface area contributed by atoms with Crippen LogP contribution in [-0.2, 0) is 14.3 Å². The van der Waals surface area contributed by atoms with Crippen molar-refractivity contribution in [3.05, 3.63) is 58.6 Å². The van der Waals surface area contributed by atoms with Crippen LogP contribution in [0.4, 0.5) is 11.4 Å². The Kier molecular flexibility index (Phi) is 6.54. The van der Waals surface area contributed by atoms with Crippen LogP contribution >= 0.6 is 11.6 Å². The summed E-state index contributed by atoms with van der Waals surface area (Å²) in [6, 6.07) is 11.9. The molecule has 2 amide bonds. The van der Waals surface area contributed by atoms with E-state index in [-0.39, 0.29) is 18.2 Å². The molecule has 3 rings (SSSR count).